The van der Waals surface area contributed by atoms with E-state index in [0.717, 1.165) is 34.4 Å². The van der Waals surface area contributed by atoms with E-state index in [2.05, 4.69) is 4.98 Å². The van der Waals surface area contributed by atoms with Gasteiger partial charge in [-0.2, -0.15) is 0 Å². The number of halogens is 1. The van der Waals surface area contributed by atoms with Crippen LogP contribution in [0.25, 0.3) is 22.2 Å². The van der Waals surface area contributed by atoms with Crippen LogP contribution in [0.2, 0.25) is 5.02 Å². The molecule has 0 unspecified atom stereocenters. The molecule has 0 spiro atoms. The van der Waals surface area contributed by atoms with Crippen molar-refractivity contribution in [2.75, 3.05) is 18.1 Å². The molecule has 0 radical (unpaired) electrons. The number of rotatable bonds is 4. The Bertz CT molecular complexity index is 1210. The fourth-order valence-corrected chi connectivity index (χ4v) is 4.00. The summed E-state index contributed by atoms with van der Waals surface area (Å²) >= 11 is 5.99. The molecule has 0 saturated carbocycles. The number of amides is 1. The van der Waals surface area contributed by atoms with Crippen molar-refractivity contribution in [3.05, 3.63) is 71.8 Å². The summed E-state index contributed by atoms with van der Waals surface area (Å²) in [5.74, 6) is -0.0226. The predicted molar refractivity (Wildman–Crippen MR) is 113 cm³/mol. The van der Waals surface area contributed by atoms with Gasteiger partial charge < -0.3 is 19.1 Å². The SMILES string of the molecule is O=C1c2cc(-c3ccc(Cl)cc3)cn2CCN1c1ccc2c(c1)ncn2CCO. The summed E-state index contributed by atoms with van der Waals surface area (Å²) in [5.41, 5.74) is 5.30. The molecule has 3 heterocycles. The van der Waals surface area contributed by atoms with Gasteiger partial charge in [-0.25, -0.2) is 4.98 Å². The van der Waals surface area contributed by atoms with Gasteiger partial charge in [0.1, 0.15) is 5.69 Å². The van der Waals surface area contributed by atoms with Gasteiger partial charge in [-0.3, -0.25) is 4.79 Å². The number of fused-ring (bicyclic) bond motifs is 2. The number of aromatic nitrogens is 3. The fourth-order valence-electron chi connectivity index (χ4n) is 3.87. The van der Waals surface area contributed by atoms with Gasteiger partial charge in [0.2, 0.25) is 0 Å². The number of carbonyl (C=O) groups excluding carboxylic acids is 1. The third-order valence-corrected chi connectivity index (χ3v) is 5.61. The zero-order valence-corrected chi connectivity index (χ0v) is 16.4. The summed E-state index contributed by atoms with van der Waals surface area (Å²) in [4.78, 5) is 19.4. The van der Waals surface area contributed by atoms with Crippen LogP contribution in [-0.2, 0) is 13.1 Å². The van der Waals surface area contributed by atoms with Crippen molar-refractivity contribution in [1.29, 1.82) is 0 Å². The number of hydrogen-bond donors (Lipinski definition) is 1. The standard InChI is InChI=1S/C22H19ClN4O2/c23-17-3-1-15(2-4-17)16-11-21-22(29)27(8-7-25(21)13-16)18-5-6-20-19(12-18)24-14-26(20)9-10-28/h1-6,11-14,28H,7-10H2. The van der Waals surface area contributed by atoms with Crippen LogP contribution in [0.5, 0.6) is 0 Å². The highest BCUT2D eigenvalue weighted by atomic mass is 35.5. The van der Waals surface area contributed by atoms with E-state index < -0.39 is 0 Å². The number of imidazole rings is 1. The lowest BCUT2D eigenvalue weighted by Crippen LogP contribution is -2.39. The highest BCUT2D eigenvalue weighted by Gasteiger charge is 2.27. The van der Waals surface area contributed by atoms with E-state index in [1.54, 1.807) is 11.2 Å². The molecule has 4 aromatic rings. The van der Waals surface area contributed by atoms with Crippen LogP contribution in [0.15, 0.2) is 61.1 Å². The number of nitrogens with zero attached hydrogens (tertiary/aromatic N) is 4. The molecule has 29 heavy (non-hydrogen) atoms. The summed E-state index contributed by atoms with van der Waals surface area (Å²) < 4.78 is 3.91. The first-order valence-corrected chi connectivity index (χ1v) is 9.85. The second kappa shape index (κ2) is 7.06. The molecule has 0 bridgehead atoms. The maximum Gasteiger partial charge on any atom is 0.274 e. The molecule has 6 nitrogen and oxygen atoms in total. The zero-order valence-electron chi connectivity index (χ0n) is 15.6. The summed E-state index contributed by atoms with van der Waals surface area (Å²) in [5, 5.41) is 9.86. The van der Waals surface area contributed by atoms with Crippen LogP contribution in [0.4, 0.5) is 5.69 Å². The minimum absolute atomic E-state index is 0.0226. The molecule has 0 atom stereocenters. The molecule has 0 fully saturated rings. The van der Waals surface area contributed by atoms with E-state index in [0.29, 0.717) is 23.8 Å². The molecule has 7 heteroatoms. The topological polar surface area (TPSA) is 63.3 Å². The molecule has 2 aromatic carbocycles. The van der Waals surface area contributed by atoms with E-state index in [-0.39, 0.29) is 12.5 Å². The van der Waals surface area contributed by atoms with Crippen LogP contribution in [0.1, 0.15) is 10.5 Å². The smallest absolute Gasteiger partial charge is 0.274 e. The lowest BCUT2D eigenvalue weighted by Gasteiger charge is -2.28. The maximum absolute atomic E-state index is 13.2. The zero-order chi connectivity index (χ0) is 20.0. The summed E-state index contributed by atoms with van der Waals surface area (Å²) in [6.45, 7) is 1.89. The number of anilines is 1. The monoisotopic (exact) mass is 406 g/mol. The number of benzene rings is 2. The first kappa shape index (κ1) is 18.0. The Balaban J connectivity index is 1.46. The second-order valence-electron chi connectivity index (χ2n) is 7.11. The van der Waals surface area contributed by atoms with Gasteiger partial charge in [0.15, 0.2) is 0 Å². The van der Waals surface area contributed by atoms with Crippen molar-refractivity contribution in [1.82, 2.24) is 14.1 Å². The van der Waals surface area contributed by atoms with Gasteiger partial charge >= 0.3 is 0 Å². The molecule has 2 aromatic heterocycles. The Morgan fingerprint density at radius 1 is 1.03 bits per heavy atom. The van der Waals surface area contributed by atoms with Crippen molar-refractivity contribution in [3.8, 4) is 11.1 Å². The average Bonchev–Trinajstić information content (AvgIpc) is 3.34. The third-order valence-electron chi connectivity index (χ3n) is 5.36. The van der Waals surface area contributed by atoms with Crippen molar-refractivity contribution in [2.45, 2.75) is 13.1 Å². The summed E-state index contributed by atoms with van der Waals surface area (Å²) in [6.07, 6.45) is 3.74. The molecule has 1 aliphatic heterocycles. The molecule has 146 valence electrons. The molecule has 1 N–H and O–H groups in total. The molecular weight excluding hydrogens is 388 g/mol. The number of aliphatic hydroxyl groups is 1. The summed E-state index contributed by atoms with van der Waals surface area (Å²) in [6, 6.07) is 15.4. The Hall–Kier alpha value is -3.09. The van der Waals surface area contributed by atoms with E-state index in [1.165, 1.54) is 0 Å². The largest absolute Gasteiger partial charge is 0.395 e. The molecular formula is C22H19ClN4O2. The fraction of sp³-hybridized carbons (Fsp3) is 0.182. The number of carbonyl (C=O) groups is 1. The predicted octanol–water partition coefficient (Wildman–Crippen LogP) is 3.81. The van der Waals surface area contributed by atoms with E-state index in [9.17, 15) is 9.90 Å². The first-order valence-electron chi connectivity index (χ1n) is 9.48. The Kier molecular flexibility index (Phi) is 4.38. The van der Waals surface area contributed by atoms with Crippen LogP contribution < -0.4 is 4.90 Å². The highest BCUT2D eigenvalue weighted by Crippen LogP contribution is 2.29. The Morgan fingerprint density at radius 3 is 2.66 bits per heavy atom. The molecule has 1 amide bonds. The second-order valence-corrected chi connectivity index (χ2v) is 7.54. The van der Waals surface area contributed by atoms with Crippen LogP contribution in [-0.4, -0.2) is 38.3 Å². The van der Waals surface area contributed by atoms with Crippen LogP contribution in [0.3, 0.4) is 0 Å². The third kappa shape index (κ3) is 3.10. The van der Waals surface area contributed by atoms with Crippen molar-refractivity contribution < 1.29 is 9.90 Å². The summed E-state index contributed by atoms with van der Waals surface area (Å²) in [7, 11) is 0. The van der Waals surface area contributed by atoms with Gasteiger partial charge in [0, 0.05) is 42.1 Å². The quantitative estimate of drug-likeness (QED) is 0.560. The lowest BCUT2D eigenvalue weighted by atomic mass is 10.1. The van der Waals surface area contributed by atoms with E-state index in [1.807, 2.05) is 63.9 Å². The van der Waals surface area contributed by atoms with E-state index in [4.69, 9.17) is 11.6 Å². The van der Waals surface area contributed by atoms with Crippen molar-refractivity contribution >= 4 is 34.2 Å². The number of hydrogen-bond acceptors (Lipinski definition) is 3. The molecule has 5 rings (SSSR count). The van der Waals surface area contributed by atoms with Gasteiger partial charge in [-0.05, 0) is 42.0 Å². The van der Waals surface area contributed by atoms with Gasteiger partial charge in [-0.1, -0.05) is 23.7 Å². The molecule has 1 aliphatic rings. The average molecular weight is 407 g/mol. The van der Waals surface area contributed by atoms with Gasteiger partial charge in [0.25, 0.3) is 5.91 Å². The van der Waals surface area contributed by atoms with Crippen LogP contribution >= 0.6 is 11.6 Å². The first-order chi connectivity index (χ1) is 14.1. The van der Waals surface area contributed by atoms with Gasteiger partial charge in [0.05, 0.1) is 24.0 Å². The number of aliphatic hydroxyl groups excluding tert-OH is 1. The minimum atomic E-state index is -0.0226. The normalized spacial score (nSPS) is 13.9. The highest BCUT2D eigenvalue weighted by molar-refractivity contribution is 6.30. The lowest BCUT2D eigenvalue weighted by molar-refractivity contribution is 0.0965. The van der Waals surface area contributed by atoms with Gasteiger partial charge in [-0.15, -0.1) is 0 Å². The van der Waals surface area contributed by atoms with Crippen molar-refractivity contribution in [2.24, 2.45) is 0 Å². The maximum atomic E-state index is 13.2. The van der Waals surface area contributed by atoms with E-state index >= 15 is 0 Å². The van der Waals surface area contributed by atoms with Crippen molar-refractivity contribution in [3.63, 3.8) is 0 Å². The van der Waals surface area contributed by atoms with Crippen LogP contribution in [0, 0.1) is 0 Å². The Morgan fingerprint density at radius 2 is 1.86 bits per heavy atom. The Labute approximate surface area is 172 Å². The molecule has 0 aliphatic carbocycles. The minimum Gasteiger partial charge on any atom is -0.395 e. The molecule has 0 saturated heterocycles.